The lowest BCUT2D eigenvalue weighted by Gasteiger charge is -2.02. The van der Waals surface area contributed by atoms with Crippen LogP contribution in [-0.2, 0) is 17.2 Å². The first-order valence-corrected chi connectivity index (χ1v) is 7.70. The summed E-state index contributed by atoms with van der Waals surface area (Å²) in [6.07, 6.45) is 3.79. The molecule has 0 fully saturated rings. The molecule has 1 rings (SSSR count). The Hall–Kier alpha value is -0.260. The molecule has 86 valence electrons. The van der Waals surface area contributed by atoms with Crippen molar-refractivity contribution < 1.29 is 4.21 Å². The molecule has 0 spiro atoms. The van der Waals surface area contributed by atoms with Crippen LogP contribution in [0.25, 0.3) is 0 Å². The van der Waals surface area contributed by atoms with Crippen LogP contribution in [0, 0.1) is 6.92 Å². The van der Waals surface area contributed by atoms with Crippen molar-refractivity contribution in [1.82, 2.24) is 10.3 Å². The predicted octanol–water partition coefficient (Wildman–Crippen LogP) is 1.35. The summed E-state index contributed by atoms with van der Waals surface area (Å²) in [5.74, 6) is 0.798. The molecule has 0 bridgehead atoms. The molecule has 1 aromatic heterocycles. The number of nitrogens with zero attached hydrogens (tertiary/aromatic N) is 1. The molecule has 0 saturated heterocycles. The maximum atomic E-state index is 10.8. The highest BCUT2D eigenvalue weighted by molar-refractivity contribution is 7.84. The van der Waals surface area contributed by atoms with Crippen molar-refractivity contribution >= 4 is 22.1 Å². The van der Waals surface area contributed by atoms with E-state index in [9.17, 15) is 4.21 Å². The largest absolute Gasteiger partial charge is 0.316 e. The summed E-state index contributed by atoms with van der Waals surface area (Å²) in [5.41, 5.74) is 3.04. The van der Waals surface area contributed by atoms with Gasteiger partial charge in [-0.3, -0.25) is 4.21 Å². The van der Waals surface area contributed by atoms with E-state index in [1.807, 2.05) is 12.4 Å². The van der Waals surface area contributed by atoms with Crippen molar-refractivity contribution in [3.05, 3.63) is 16.1 Å². The van der Waals surface area contributed by atoms with Gasteiger partial charge in [-0.05, 0) is 26.3 Å². The third-order valence-corrected chi connectivity index (χ3v) is 4.02. The third kappa shape index (κ3) is 5.39. The fourth-order valence-corrected chi connectivity index (χ4v) is 2.63. The second kappa shape index (κ2) is 7.09. The molecule has 0 aliphatic carbocycles. The van der Waals surface area contributed by atoms with Crippen LogP contribution in [0.4, 0.5) is 0 Å². The van der Waals surface area contributed by atoms with Gasteiger partial charge in [-0.2, -0.15) is 0 Å². The first-order valence-electron chi connectivity index (χ1n) is 5.10. The van der Waals surface area contributed by atoms with Crippen LogP contribution >= 0.6 is 11.3 Å². The van der Waals surface area contributed by atoms with E-state index in [1.54, 1.807) is 17.6 Å². The monoisotopic (exact) mass is 246 g/mol. The Morgan fingerprint density at radius 1 is 1.53 bits per heavy atom. The SMILES string of the molecule is Cc1ncsc1CCNCCCS(C)=O. The molecule has 0 aliphatic rings. The predicted molar refractivity (Wildman–Crippen MR) is 67.0 cm³/mol. The van der Waals surface area contributed by atoms with E-state index in [-0.39, 0.29) is 0 Å². The van der Waals surface area contributed by atoms with E-state index in [0.717, 1.165) is 37.4 Å². The normalized spacial score (nSPS) is 12.9. The summed E-state index contributed by atoms with van der Waals surface area (Å²) in [4.78, 5) is 5.57. The zero-order valence-electron chi connectivity index (χ0n) is 9.28. The lowest BCUT2D eigenvalue weighted by atomic mass is 10.3. The van der Waals surface area contributed by atoms with Gasteiger partial charge in [-0.25, -0.2) is 4.98 Å². The average Bonchev–Trinajstić information content (AvgIpc) is 2.57. The van der Waals surface area contributed by atoms with Crippen LogP contribution < -0.4 is 5.32 Å². The standard InChI is InChI=1S/C10H18N2OS2/c1-9-10(14-8-12-9)4-6-11-5-3-7-15(2)13/h8,11H,3-7H2,1-2H3. The van der Waals surface area contributed by atoms with Gasteiger partial charge >= 0.3 is 0 Å². The Morgan fingerprint density at radius 2 is 2.33 bits per heavy atom. The van der Waals surface area contributed by atoms with Gasteiger partial charge in [0, 0.05) is 34.2 Å². The Kier molecular flexibility index (Phi) is 6.05. The number of hydrogen-bond donors (Lipinski definition) is 1. The highest BCUT2D eigenvalue weighted by Gasteiger charge is 2.00. The molecule has 1 heterocycles. The van der Waals surface area contributed by atoms with E-state index in [1.165, 1.54) is 4.88 Å². The van der Waals surface area contributed by atoms with Gasteiger partial charge in [0.05, 0.1) is 11.2 Å². The average molecular weight is 246 g/mol. The van der Waals surface area contributed by atoms with Crippen molar-refractivity contribution in [2.45, 2.75) is 19.8 Å². The van der Waals surface area contributed by atoms with Crippen molar-refractivity contribution in [2.75, 3.05) is 25.1 Å². The van der Waals surface area contributed by atoms with Crippen molar-refractivity contribution in [3.63, 3.8) is 0 Å². The van der Waals surface area contributed by atoms with Crippen LogP contribution in [0.5, 0.6) is 0 Å². The number of aromatic nitrogens is 1. The van der Waals surface area contributed by atoms with E-state index in [0.29, 0.717) is 0 Å². The zero-order chi connectivity index (χ0) is 11.1. The molecule has 1 N–H and O–H groups in total. The van der Waals surface area contributed by atoms with Crippen molar-refractivity contribution in [1.29, 1.82) is 0 Å². The molecule has 0 aromatic carbocycles. The molecule has 15 heavy (non-hydrogen) atoms. The summed E-state index contributed by atoms with van der Waals surface area (Å²) in [5, 5.41) is 3.35. The van der Waals surface area contributed by atoms with Crippen LogP contribution in [0.3, 0.4) is 0 Å². The molecule has 1 atom stereocenters. The molecule has 0 radical (unpaired) electrons. The van der Waals surface area contributed by atoms with Crippen molar-refractivity contribution in [2.24, 2.45) is 0 Å². The fourth-order valence-electron chi connectivity index (χ4n) is 1.29. The topological polar surface area (TPSA) is 42.0 Å². The highest BCUT2D eigenvalue weighted by Crippen LogP contribution is 2.11. The fraction of sp³-hybridized carbons (Fsp3) is 0.700. The minimum absolute atomic E-state index is 0.652. The van der Waals surface area contributed by atoms with E-state index < -0.39 is 10.8 Å². The Balaban J connectivity index is 2.03. The number of hydrogen-bond acceptors (Lipinski definition) is 4. The lowest BCUT2D eigenvalue weighted by molar-refractivity contribution is 0.661. The van der Waals surface area contributed by atoms with Gasteiger partial charge < -0.3 is 5.32 Å². The molecule has 5 heteroatoms. The lowest BCUT2D eigenvalue weighted by Crippen LogP contribution is -2.19. The van der Waals surface area contributed by atoms with Crippen LogP contribution in [0.2, 0.25) is 0 Å². The van der Waals surface area contributed by atoms with Gasteiger partial charge in [0.1, 0.15) is 0 Å². The maximum Gasteiger partial charge on any atom is 0.0797 e. The number of rotatable bonds is 7. The minimum Gasteiger partial charge on any atom is -0.316 e. The molecular formula is C10H18N2OS2. The van der Waals surface area contributed by atoms with E-state index >= 15 is 0 Å². The first kappa shape index (κ1) is 12.8. The van der Waals surface area contributed by atoms with Crippen LogP contribution in [0.15, 0.2) is 5.51 Å². The molecular weight excluding hydrogens is 228 g/mol. The summed E-state index contributed by atoms with van der Waals surface area (Å²) in [6.45, 7) is 3.99. The zero-order valence-corrected chi connectivity index (χ0v) is 10.9. The van der Waals surface area contributed by atoms with Gasteiger partial charge in [-0.15, -0.1) is 11.3 Å². The molecule has 0 saturated carbocycles. The van der Waals surface area contributed by atoms with Crippen molar-refractivity contribution in [3.8, 4) is 0 Å². The number of thiazole rings is 1. The van der Waals surface area contributed by atoms with Gasteiger partial charge in [-0.1, -0.05) is 0 Å². The first-order chi connectivity index (χ1) is 7.20. The summed E-state index contributed by atoms with van der Waals surface area (Å²) < 4.78 is 10.8. The Labute approximate surface area is 97.8 Å². The Morgan fingerprint density at radius 3 is 2.93 bits per heavy atom. The van der Waals surface area contributed by atoms with Crippen LogP contribution in [-0.4, -0.2) is 34.3 Å². The second-order valence-electron chi connectivity index (χ2n) is 3.49. The second-order valence-corrected chi connectivity index (χ2v) is 5.99. The molecule has 3 nitrogen and oxygen atoms in total. The number of aryl methyl sites for hydroxylation is 1. The molecule has 0 amide bonds. The number of nitrogens with one attached hydrogen (secondary N) is 1. The summed E-state index contributed by atoms with van der Waals surface area (Å²) in [6, 6.07) is 0. The van der Waals surface area contributed by atoms with E-state index in [2.05, 4.69) is 10.3 Å². The van der Waals surface area contributed by atoms with Gasteiger partial charge in [0.15, 0.2) is 0 Å². The molecule has 1 unspecified atom stereocenters. The van der Waals surface area contributed by atoms with Gasteiger partial charge in [0.25, 0.3) is 0 Å². The highest BCUT2D eigenvalue weighted by atomic mass is 32.2. The summed E-state index contributed by atoms with van der Waals surface area (Å²) >= 11 is 1.72. The maximum absolute atomic E-state index is 10.8. The Bertz CT molecular complexity index is 312. The van der Waals surface area contributed by atoms with Crippen LogP contribution in [0.1, 0.15) is 17.0 Å². The summed E-state index contributed by atoms with van der Waals surface area (Å²) in [7, 11) is -0.652. The minimum atomic E-state index is -0.652. The molecule has 1 aromatic rings. The quantitative estimate of drug-likeness (QED) is 0.739. The smallest absolute Gasteiger partial charge is 0.0797 e. The van der Waals surface area contributed by atoms with Gasteiger partial charge in [0.2, 0.25) is 0 Å². The van der Waals surface area contributed by atoms with E-state index in [4.69, 9.17) is 0 Å². The molecule has 0 aliphatic heterocycles. The third-order valence-electron chi connectivity index (χ3n) is 2.16.